The van der Waals surface area contributed by atoms with Gasteiger partial charge in [-0.25, -0.2) is 9.59 Å². The van der Waals surface area contributed by atoms with Crippen LogP contribution in [0.1, 0.15) is 20.9 Å². The fourth-order valence-corrected chi connectivity index (χ4v) is 5.26. The van der Waals surface area contributed by atoms with E-state index in [-0.39, 0.29) is 11.5 Å². The van der Waals surface area contributed by atoms with Crippen molar-refractivity contribution < 1.29 is 55.7 Å². The van der Waals surface area contributed by atoms with Crippen molar-refractivity contribution in [3.05, 3.63) is 99.7 Å². The molecule has 4 heterocycles. The second-order valence-corrected chi connectivity index (χ2v) is 10.4. The molecule has 254 valence electrons. The van der Waals surface area contributed by atoms with Crippen LogP contribution in [0, 0.1) is 0 Å². The van der Waals surface area contributed by atoms with Crippen LogP contribution in [0.5, 0.6) is 5.75 Å². The molecule has 0 unspecified atom stereocenters. The quantitative estimate of drug-likeness (QED) is 0.192. The average molecular weight is 699 g/mol. The van der Waals surface area contributed by atoms with E-state index in [0.717, 1.165) is 26.9 Å². The summed E-state index contributed by atoms with van der Waals surface area (Å²) in [7, 11) is 1.49. The number of thiophene rings is 1. The number of hydrogen-bond acceptors (Lipinski definition) is 8. The van der Waals surface area contributed by atoms with Crippen LogP contribution in [0.2, 0.25) is 0 Å². The third-order valence-corrected chi connectivity index (χ3v) is 7.33. The Morgan fingerprint density at radius 3 is 2.08 bits per heavy atom. The van der Waals surface area contributed by atoms with E-state index in [1.807, 2.05) is 54.6 Å². The molecule has 5 aromatic rings. The summed E-state index contributed by atoms with van der Waals surface area (Å²) in [6.45, 7) is 0.772. The number of pyridine rings is 3. The second-order valence-electron chi connectivity index (χ2n) is 9.37. The van der Waals surface area contributed by atoms with Gasteiger partial charge in [-0.15, -0.1) is 11.3 Å². The van der Waals surface area contributed by atoms with Crippen molar-refractivity contribution in [3.63, 3.8) is 0 Å². The number of carbonyl (C=O) groups excluding carboxylic acids is 1. The van der Waals surface area contributed by atoms with Crippen molar-refractivity contribution in [2.45, 2.75) is 25.3 Å². The monoisotopic (exact) mass is 698 g/mol. The number of carboxylic acids is 2. The first kappa shape index (κ1) is 36.9. The highest BCUT2D eigenvalue weighted by molar-refractivity contribution is 7.22. The van der Waals surface area contributed by atoms with Crippen molar-refractivity contribution in [2.24, 2.45) is 0 Å². The molecule has 1 amide bonds. The summed E-state index contributed by atoms with van der Waals surface area (Å²) in [5, 5.41) is 18.5. The summed E-state index contributed by atoms with van der Waals surface area (Å²) in [4.78, 5) is 53.4. The molecule has 0 aliphatic rings. The Morgan fingerprint density at radius 1 is 0.917 bits per heavy atom. The lowest BCUT2D eigenvalue weighted by Crippen LogP contribution is -2.25. The van der Waals surface area contributed by atoms with Gasteiger partial charge in [-0.05, 0) is 36.2 Å². The third kappa shape index (κ3) is 9.50. The first-order chi connectivity index (χ1) is 22.6. The van der Waals surface area contributed by atoms with Gasteiger partial charge in [0.1, 0.15) is 10.3 Å². The van der Waals surface area contributed by atoms with Gasteiger partial charge in [-0.3, -0.25) is 19.6 Å². The van der Waals surface area contributed by atoms with Crippen LogP contribution in [-0.2, 0) is 22.6 Å². The average Bonchev–Trinajstić information content (AvgIpc) is 3.44. The summed E-state index contributed by atoms with van der Waals surface area (Å²) in [5.74, 6) is -5.47. The number of aliphatic carboxylic acids is 2. The lowest BCUT2D eigenvalue weighted by Gasteiger charge is -2.11. The molecular formula is C30H24F6N4O7S. The Kier molecular flexibility index (Phi) is 12.2. The van der Waals surface area contributed by atoms with E-state index < -0.39 is 24.3 Å². The molecular weight excluding hydrogens is 674 g/mol. The van der Waals surface area contributed by atoms with Crippen LogP contribution in [0.25, 0.3) is 21.0 Å². The molecule has 4 aromatic heterocycles. The molecule has 0 spiro atoms. The standard InChI is InChI=1S/C26H22N4O3S.2C2HF3O2/c1-33-22-21-23(34-24(22)25(31)29-14-11-17-7-6-12-27-15-17)19-9-2-3-10-20(19)30(26(21)32)16-18-8-4-5-13-28-18;2*3-2(4,5)1(6)7/h2-10,12-13,15H,11,14,16H2,1H3,(H,29,31);2*(H,6,7). The lowest BCUT2D eigenvalue weighted by atomic mass is 10.1. The third-order valence-electron chi connectivity index (χ3n) is 6.13. The number of aromatic nitrogens is 3. The molecule has 0 aliphatic carbocycles. The molecule has 5 rings (SSSR count). The van der Waals surface area contributed by atoms with Crippen molar-refractivity contribution in [1.82, 2.24) is 19.9 Å². The van der Waals surface area contributed by atoms with Gasteiger partial charge in [0.2, 0.25) is 0 Å². The fraction of sp³-hybridized carbons (Fsp3) is 0.200. The topological polar surface area (TPSA) is 161 Å². The highest BCUT2D eigenvalue weighted by Gasteiger charge is 2.39. The maximum absolute atomic E-state index is 13.7. The Hall–Kier alpha value is -5.52. The number of para-hydroxylation sites is 1. The van der Waals surface area contributed by atoms with E-state index in [1.165, 1.54) is 18.4 Å². The summed E-state index contributed by atoms with van der Waals surface area (Å²) in [6.07, 6.45) is -4.30. The molecule has 48 heavy (non-hydrogen) atoms. The molecule has 1 aromatic carbocycles. The first-order valence-corrected chi connectivity index (χ1v) is 14.2. The van der Waals surface area contributed by atoms with E-state index >= 15 is 0 Å². The number of nitrogens with zero attached hydrogens (tertiary/aromatic N) is 3. The van der Waals surface area contributed by atoms with Crippen LogP contribution in [-0.4, -0.2) is 68.6 Å². The second kappa shape index (κ2) is 15.9. The zero-order valence-corrected chi connectivity index (χ0v) is 25.3. The van der Waals surface area contributed by atoms with Gasteiger partial charge in [0.05, 0.1) is 29.6 Å². The number of benzene rings is 1. The molecule has 0 bridgehead atoms. The normalized spacial score (nSPS) is 11.1. The number of carboxylic acid groups (broad SMARTS) is 2. The van der Waals surface area contributed by atoms with Gasteiger partial charge in [0.25, 0.3) is 11.5 Å². The zero-order valence-electron chi connectivity index (χ0n) is 24.5. The predicted molar refractivity (Wildman–Crippen MR) is 161 cm³/mol. The number of halogens is 6. The molecule has 18 heteroatoms. The highest BCUT2D eigenvalue weighted by Crippen LogP contribution is 2.39. The summed E-state index contributed by atoms with van der Waals surface area (Å²) in [5.41, 5.74) is 2.39. The van der Waals surface area contributed by atoms with Gasteiger partial charge in [0, 0.05) is 30.5 Å². The van der Waals surface area contributed by atoms with Crippen LogP contribution in [0.3, 0.4) is 0 Å². The van der Waals surface area contributed by atoms with Gasteiger partial charge >= 0.3 is 24.3 Å². The van der Waals surface area contributed by atoms with Crippen molar-refractivity contribution in [1.29, 1.82) is 0 Å². The van der Waals surface area contributed by atoms with E-state index in [9.17, 15) is 35.9 Å². The van der Waals surface area contributed by atoms with E-state index in [4.69, 9.17) is 24.5 Å². The van der Waals surface area contributed by atoms with E-state index in [0.29, 0.717) is 35.5 Å². The summed E-state index contributed by atoms with van der Waals surface area (Å²) in [6, 6.07) is 17.2. The largest absolute Gasteiger partial charge is 0.494 e. The number of nitrogens with one attached hydrogen (secondary N) is 1. The molecule has 3 N–H and O–H groups in total. The van der Waals surface area contributed by atoms with Crippen LogP contribution >= 0.6 is 11.3 Å². The maximum Gasteiger partial charge on any atom is 0.490 e. The van der Waals surface area contributed by atoms with Gasteiger partial charge < -0.3 is 24.8 Å². The Morgan fingerprint density at radius 2 is 1.54 bits per heavy atom. The van der Waals surface area contributed by atoms with Crippen molar-refractivity contribution in [3.8, 4) is 5.75 Å². The minimum absolute atomic E-state index is 0.207. The minimum Gasteiger partial charge on any atom is -0.494 e. The Labute approximate surface area is 270 Å². The SMILES string of the molecule is COc1c(C(=O)NCCc2cccnc2)sc2c1c(=O)n(Cc1ccccn1)c1ccccc21.O=C(O)C(F)(F)F.O=C(O)C(F)(F)F. The molecule has 0 aliphatic heterocycles. The minimum atomic E-state index is -5.08. The molecule has 0 radical (unpaired) electrons. The number of methoxy groups -OCH3 is 1. The molecule has 0 fully saturated rings. The van der Waals surface area contributed by atoms with Crippen molar-refractivity contribution in [2.75, 3.05) is 13.7 Å². The number of rotatable bonds is 7. The van der Waals surface area contributed by atoms with Crippen LogP contribution in [0.4, 0.5) is 26.3 Å². The number of hydrogen-bond donors (Lipinski definition) is 3. The van der Waals surface area contributed by atoms with Gasteiger partial charge in [0.15, 0.2) is 5.75 Å². The molecule has 0 atom stereocenters. The molecule has 0 saturated heterocycles. The highest BCUT2D eigenvalue weighted by atomic mass is 32.1. The summed E-state index contributed by atoms with van der Waals surface area (Å²) >= 11 is 1.28. The smallest absolute Gasteiger partial charge is 0.490 e. The fourth-order valence-electron chi connectivity index (χ4n) is 4.05. The number of amides is 1. The van der Waals surface area contributed by atoms with Crippen molar-refractivity contribution >= 4 is 50.2 Å². The zero-order chi connectivity index (χ0) is 35.6. The van der Waals surface area contributed by atoms with E-state index in [2.05, 4.69) is 15.3 Å². The number of fused-ring (bicyclic) bond motifs is 3. The first-order valence-electron chi connectivity index (χ1n) is 13.4. The number of ether oxygens (including phenoxy) is 1. The Bertz CT molecular complexity index is 1920. The van der Waals surface area contributed by atoms with Crippen LogP contribution in [0.15, 0.2) is 78.0 Å². The Balaban J connectivity index is 0.000000376. The summed E-state index contributed by atoms with van der Waals surface area (Å²) < 4.78 is 71.5. The predicted octanol–water partition coefficient (Wildman–Crippen LogP) is 5.30. The van der Waals surface area contributed by atoms with Gasteiger partial charge in [-0.1, -0.05) is 30.3 Å². The molecule has 11 nitrogen and oxygen atoms in total. The lowest BCUT2D eigenvalue weighted by molar-refractivity contribution is -0.193. The maximum atomic E-state index is 13.7. The van der Waals surface area contributed by atoms with Gasteiger partial charge in [-0.2, -0.15) is 26.3 Å². The number of alkyl halides is 6. The van der Waals surface area contributed by atoms with Crippen LogP contribution < -0.4 is 15.6 Å². The number of carbonyl (C=O) groups is 3. The van der Waals surface area contributed by atoms with E-state index in [1.54, 1.807) is 23.2 Å². The molecule has 0 saturated carbocycles.